The summed E-state index contributed by atoms with van der Waals surface area (Å²) in [6, 6.07) is 10.7. The third-order valence-corrected chi connectivity index (χ3v) is 6.04. The van der Waals surface area contributed by atoms with Gasteiger partial charge in [0.15, 0.2) is 0 Å². The van der Waals surface area contributed by atoms with Crippen LogP contribution in [0, 0.1) is 13.8 Å². The average Bonchev–Trinajstić information content (AvgIpc) is 3.17. The van der Waals surface area contributed by atoms with Gasteiger partial charge in [-0.15, -0.1) is 0 Å². The summed E-state index contributed by atoms with van der Waals surface area (Å²) >= 11 is 0. The third kappa shape index (κ3) is 5.17. The summed E-state index contributed by atoms with van der Waals surface area (Å²) in [5.74, 6) is -2.21. The number of aliphatic hydroxyl groups excluding tert-OH is 1. The molecule has 1 aliphatic rings. The number of hydrogen-bond acceptors (Lipinski definition) is 7. The van der Waals surface area contributed by atoms with Gasteiger partial charge in [0, 0.05) is 23.6 Å². The highest BCUT2D eigenvalue weighted by Crippen LogP contribution is 2.32. The number of aryl methyl sites for hydroxylation is 2. The highest BCUT2D eigenvalue weighted by atomic mass is 19.3. The van der Waals surface area contributed by atoms with Gasteiger partial charge in [-0.2, -0.15) is 0 Å². The topological polar surface area (TPSA) is 131 Å². The van der Waals surface area contributed by atoms with Crippen molar-refractivity contribution in [1.82, 2.24) is 20.6 Å². The van der Waals surface area contributed by atoms with E-state index >= 15 is 0 Å². The summed E-state index contributed by atoms with van der Waals surface area (Å²) in [5.41, 5.74) is 4.35. The van der Waals surface area contributed by atoms with Crippen LogP contribution in [0.15, 0.2) is 48.8 Å². The molecule has 35 heavy (non-hydrogen) atoms. The summed E-state index contributed by atoms with van der Waals surface area (Å²) in [4.78, 5) is 48.0. The smallest absolute Gasteiger partial charge is 0.379 e. The molecule has 2 atom stereocenters. The number of hydrogen-bond donors (Lipinski definition) is 3. The van der Waals surface area contributed by atoms with E-state index in [1.165, 1.54) is 24.3 Å². The fourth-order valence-electron chi connectivity index (χ4n) is 3.99. The van der Waals surface area contributed by atoms with Gasteiger partial charge < -0.3 is 15.7 Å². The molecule has 1 aromatic heterocycles. The van der Waals surface area contributed by atoms with Crippen LogP contribution in [0.1, 0.15) is 65.2 Å². The van der Waals surface area contributed by atoms with Gasteiger partial charge in [0.25, 0.3) is 11.8 Å². The maximum atomic E-state index is 12.8. The third-order valence-electron chi connectivity index (χ3n) is 6.04. The van der Waals surface area contributed by atoms with Crippen molar-refractivity contribution in [2.24, 2.45) is 0 Å². The number of carbonyl (C=O) groups excluding carboxylic acids is 3. The van der Waals surface area contributed by atoms with Gasteiger partial charge in [-0.25, -0.2) is 19.7 Å². The molecule has 0 fully saturated rings. The van der Waals surface area contributed by atoms with Crippen molar-refractivity contribution in [2.75, 3.05) is 0 Å². The van der Waals surface area contributed by atoms with Gasteiger partial charge in [-0.3, -0.25) is 9.59 Å². The predicted molar refractivity (Wildman–Crippen MR) is 122 cm³/mol. The standard InChI is InChI=1S/C25H23FN4O5/c1-13-3-4-15(7-14(13)2)11-27-23(32)19-10-20(29-12-28-19)24(33)30-22-18-6-5-16(25(34)35-26)8-17(18)9-21(22)31/h3-8,10,12,21-22,31H,9,11H2,1-2H3,(H,27,32)(H,30,33). The number of halogens is 1. The van der Waals surface area contributed by atoms with Crippen molar-refractivity contribution in [2.45, 2.75) is 39.0 Å². The fourth-order valence-corrected chi connectivity index (χ4v) is 3.99. The molecule has 180 valence electrons. The average molecular weight is 478 g/mol. The Morgan fingerprint density at radius 3 is 2.49 bits per heavy atom. The maximum absolute atomic E-state index is 12.8. The van der Waals surface area contributed by atoms with E-state index in [2.05, 4.69) is 25.5 Å². The summed E-state index contributed by atoms with van der Waals surface area (Å²) in [6.07, 6.45) is 0.310. The Balaban J connectivity index is 1.44. The molecule has 9 nitrogen and oxygen atoms in total. The second kappa shape index (κ2) is 9.98. The molecule has 0 bridgehead atoms. The highest BCUT2D eigenvalue weighted by molar-refractivity contribution is 5.97. The Kier molecular flexibility index (Phi) is 6.83. The van der Waals surface area contributed by atoms with Crippen molar-refractivity contribution in [3.63, 3.8) is 0 Å². The molecule has 1 heterocycles. The first-order valence-corrected chi connectivity index (χ1v) is 10.9. The van der Waals surface area contributed by atoms with Crippen molar-refractivity contribution in [3.05, 3.63) is 93.6 Å². The van der Waals surface area contributed by atoms with E-state index in [-0.39, 0.29) is 23.4 Å². The van der Waals surface area contributed by atoms with Crippen molar-refractivity contribution in [3.8, 4) is 0 Å². The largest absolute Gasteiger partial charge is 0.390 e. The molecule has 4 rings (SSSR count). The second-order valence-electron chi connectivity index (χ2n) is 8.39. The molecule has 1 aliphatic carbocycles. The van der Waals surface area contributed by atoms with Gasteiger partial charge in [0.2, 0.25) is 0 Å². The molecule has 2 unspecified atom stereocenters. The maximum Gasteiger partial charge on any atom is 0.379 e. The predicted octanol–water partition coefficient (Wildman–Crippen LogP) is 2.45. The van der Waals surface area contributed by atoms with E-state index in [1.54, 1.807) is 0 Å². The molecular weight excluding hydrogens is 455 g/mol. The lowest BCUT2D eigenvalue weighted by molar-refractivity contribution is -0.0788. The fraction of sp³-hybridized carbons (Fsp3) is 0.240. The number of carbonyl (C=O) groups is 3. The molecule has 3 N–H and O–H groups in total. The molecule has 0 saturated carbocycles. The quantitative estimate of drug-likeness (QED) is 0.496. The Morgan fingerprint density at radius 2 is 1.77 bits per heavy atom. The molecule has 10 heteroatoms. The number of benzene rings is 2. The zero-order valence-electron chi connectivity index (χ0n) is 19.0. The first kappa shape index (κ1) is 24.0. The van der Waals surface area contributed by atoms with Gasteiger partial charge in [0.1, 0.15) is 17.7 Å². The van der Waals surface area contributed by atoms with Crippen LogP contribution >= 0.6 is 0 Å². The number of amides is 2. The number of nitrogens with one attached hydrogen (secondary N) is 2. The van der Waals surface area contributed by atoms with Gasteiger partial charge in [-0.1, -0.05) is 24.3 Å². The van der Waals surface area contributed by atoms with Crippen LogP contribution in [-0.2, 0) is 17.9 Å². The highest BCUT2D eigenvalue weighted by Gasteiger charge is 2.33. The minimum absolute atomic E-state index is 0.00215. The van der Waals surface area contributed by atoms with Crippen molar-refractivity contribution >= 4 is 17.8 Å². The van der Waals surface area contributed by atoms with E-state index in [0.29, 0.717) is 17.7 Å². The van der Waals surface area contributed by atoms with E-state index in [1.807, 2.05) is 32.0 Å². The molecule has 0 aliphatic heterocycles. The molecule has 3 aromatic rings. The lowest BCUT2D eigenvalue weighted by atomic mass is 10.0. The van der Waals surface area contributed by atoms with Crippen molar-refractivity contribution in [1.29, 1.82) is 0 Å². The first-order chi connectivity index (χ1) is 16.8. The van der Waals surface area contributed by atoms with Crippen LogP contribution in [0.3, 0.4) is 0 Å². The summed E-state index contributed by atoms with van der Waals surface area (Å²) in [6.45, 7) is 4.30. The van der Waals surface area contributed by atoms with Crippen LogP contribution in [0.2, 0.25) is 0 Å². The lowest BCUT2D eigenvalue weighted by Crippen LogP contribution is -2.34. The normalized spacial score (nSPS) is 16.3. The zero-order chi connectivity index (χ0) is 25.1. The van der Waals surface area contributed by atoms with Crippen LogP contribution < -0.4 is 10.6 Å². The van der Waals surface area contributed by atoms with Crippen LogP contribution in [0.25, 0.3) is 0 Å². The Hall–Kier alpha value is -4.18. The number of nitrogens with zero attached hydrogens (tertiary/aromatic N) is 2. The molecule has 0 radical (unpaired) electrons. The Morgan fingerprint density at radius 1 is 1.03 bits per heavy atom. The Bertz CT molecular complexity index is 1310. The molecular formula is C25H23FN4O5. The number of fused-ring (bicyclic) bond motifs is 1. The molecule has 2 aromatic carbocycles. The number of aliphatic hydroxyl groups is 1. The minimum Gasteiger partial charge on any atom is -0.390 e. The molecule has 2 amide bonds. The second-order valence-corrected chi connectivity index (χ2v) is 8.39. The van der Waals surface area contributed by atoms with E-state index in [0.717, 1.165) is 23.0 Å². The van der Waals surface area contributed by atoms with E-state index in [9.17, 15) is 24.0 Å². The van der Waals surface area contributed by atoms with Crippen LogP contribution in [0.4, 0.5) is 4.53 Å². The SMILES string of the molecule is Cc1ccc(CNC(=O)c2cc(C(=O)NC3c4ccc(C(=O)OF)cc4CC3O)ncn2)cc1C. The van der Waals surface area contributed by atoms with Gasteiger partial charge >= 0.3 is 5.97 Å². The monoisotopic (exact) mass is 478 g/mol. The van der Waals surface area contributed by atoms with E-state index in [4.69, 9.17) is 0 Å². The number of rotatable bonds is 6. The summed E-state index contributed by atoms with van der Waals surface area (Å²) in [7, 11) is 0. The van der Waals surface area contributed by atoms with Gasteiger partial charge in [0.05, 0.1) is 17.7 Å². The summed E-state index contributed by atoms with van der Waals surface area (Å²) in [5, 5.41) is 15.9. The van der Waals surface area contributed by atoms with Crippen molar-refractivity contribution < 1.29 is 29.0 Å². The first-order valence-electron chi connectivity index (χ1n) is 10.9. The number of aromatic nitrogens is 2. The minimum atomic E-state index is -1.14. The summed E-state index contributed by atoms with van der Waals surface area (Å²) < 4.78 is 12.2. The Labute approximate surface area is 200 Å². The molecule has 0 saturated heterocycles. The van der Waals surface area contributed by atoms with Crippen LogP contribution in [0.5, 0.6) is 0 Å². The van der Waals surface area contributed by atoms with E-state index < -0.39 is 29.9 Å². The molecule has 0 spiro atoms. The van der Waals surface area contributed by atoms with Crippen LogP contribution in [-0.4, -0.2) is 39.0 Å². The lowest BCUT2D eigenvalue weighted by Gasteiger charge is -2.18. The van der Waals surface area contributed by atoms with Gasteiger partial charge in [-0.05, 0) is 53.8 Å². The zero-order valence-corrected chi connectivity index (χ0v) is 19.0.